The third-order valence-corrected chi connectivity index (χ3v) is 4.60. The Balaban J connectivity index is 1.47. The maximum atomic E-state index is 12.4. The number of nitrogens with zero attached hydrogens (tertiary/aromatic N) is 2. The van der Waals surface area contributed by atoms with Gasteiger partial charge in [0.1, 0.15) is 12.4 Å². The molecule has 1 N–H and O–H groups in total. The molecule has 26 heavy (non-hydrogen) atoms. The van der Waals surface area contributed by atoms with Crippen LogP contribution in [-0.4, -0.2) is 42.0 Å². The Labute approximate surface area is 155 Å². The number of ether oxygens (including phenoxy) is 1. The number of hydrogen-bond donors (Lipinski definition) is 1. The van der Waals surface area contributed by atoms with Gasteiger partial charge in [0.15, 0.2) is 0 Å². The molecule has 1 fully saturated rings. The topological polar surface area (TPSA) is 54.5 Å². The van der Waals surface area contributed by atoms with E-state index in [1.54, 1.807) is 18.5 Å². The summed E-state index contributed by atoms with van der Waals surface area (Å²) in [5.41, 5.74) is 1.63. The number of nitrogens with one attached hydrogen (secondary N) is 1. The minimum Gasteiger partial charge on any atom is -0.489 e. The van der Waals surface area contributed by atoms with E-state index >= 15 is 0 Å². The van der Waals surface area contributed by atoms with Crippen molar-refractivity contribution in [3.8, 4) is 5.75 Å². The lowest BCUT2D eigenvalue weighted by atomic mass is 10.1. The quantitative estimate of drug-likeness (QED) is 0.792. The minimum absolute atomic E-state index is 0.0508. The fourth-order valence-electron chi connectivity index (χ4n) is 3.22. The highest BCUT2D eigenvalue weighted by atomic mass is 16.5. The Bertz CT molecular complexity index is 699. The molecule has 1 atom stereocenters. The fraction of sp³-hybridized carbons (Fsp3) is 0.429. The first-order chi connectivity index (χ1) is 12.7. The van der Waals surface area contributed by atoms with E-state index in [1.807, 2.05) is 30.3 Å². The molecule has 1 aromatic heterocycles. The van der Waals surface area contributed by atoms with Crippen LogP contribution in [0.25, 0.3) is 0 Å². The molecule has 3 rings (SSSR count). The second-order valence-electron chi connectivity index (χ2n) is 7.00. The lowest BCUT2D eigenvalue weighted by Gasteiger charge is -2.20. The van der Waals surface area contributed by atoms with Gasteiger partial charge in [0, 0.05) is 36.6 Å². The first kappa shape index (κ1) is 18.4. The second kappa shape index (κ2) is 9.34. The zero-order chi connectivity index (χ0) is 18.2. The predicted molar refractivity (Wildman–Crippen MR) is 102 cm³/mol. The first-order valence-corrected chi connectivity index (χ1v) is 9.33. The Morgan fingerprint density at radius 1 is 1.27 bits per heavy atom. The number of rotatable bonds is 8. The molecule has 2 heterocycles. The van der Waals surface area contributed by atoms with Gasteiger partial charge in [0.05, 0.1) is 0 Å². The summed E-state index contributed by atoms with van der Waals surface area (Å²) < 4.78 is 5.77. The number of carbonyl (C=O) groups excluding carboxylic acids is 1. The average molecular weight is 353 g/mol. The number of hydrogen-bond acceptors (Lipinski definition) is 4. The SMILES string of the molecule is CC(CNC(=O)c1cccc(OCc2cccnc2)c1)CN1CCCC1. The van der Waals surface area contributed by atoms with Gasteiger partial charge >= 0.3 is 0 Å². The van der Waals surface area contributed by atoms with Gasteiger partial charge in [-0.25, -0.2) is 0 Å². The van der Waals surface area contributed by atoms with E-state index in [0.717, 1.165) is 12.1 Å². The maximum absolute atomic E-state index is 12.4. The lowest BCUT2D eigenvalue weighted by Crippen LogP contribution is -2.34. The van der Waals surface area contributed by atoms with Gasteiger partial charge in [-0.3, -0.25) is 9.78 Å². The number of likely N-dealkylation sites (tertiary alicyclic amines) is 1. The van der Waals surface area contributed by atoms with Gasteiger partial charge < -0.3 is 15.0 Å². The van der Waals surface area contributed by atoms with Crippen LogP contribution in [0, 0.1) is 5.92 Å². The summed E-state index contributed by atoms with van der Waals surface area (Å²) in [6.45, 7) is 6.74. The summed E-state index contributed by atoms with van der Waals surface area (Å²) in [5, 5.41) is 3.04. The molecular formula is C21H27N3O2. The van der Waals surface area contributed by atoms with Crippen LogP contribution in [0.2, 0.25) is 0 Å². The number of aromatic nitrogens is 1. The molecule has 5 heteroatoms. The Kier molecular flexibility index (Phi) is 6.61. The predicted octanol–water partition coefficient (Wildman–Crippen LogP) is 3.12. The molecule has 1 aliphatic heterocycles. The molecule has 1 unspecified atom stereocenters. The maximum Gasteiger partial charge on any atom is 0.251 e. The molecule has 0 bridgehead atoms. The van der Waals surface area contributed by atoms with Crippen molar-refractivity contribution in [1.29, 1.82) is 0 Å². The van der Waals surface area contributed by atoms with Crippen molar-refractivity contribution in [1.82, 2.24) is 15.2 Å². The molecule has 0 spiro atoms. The summed E-state index contributed by atoms with van der Waals surface area (Å²) in [6, 6.07) is 11.2. The number of carbonyl (C=O) groups is 1. The highest BCUT2D eigenvalue weighted by molar-refractivity contribution is 5.94. The van der Waals surface area contributed by atoms with Crippen molar-refractivity contribution in [3.05, 3.63) is 59.9 Å². The standard InChI is InChI=1S/C21H27N3O2/c1-17(15-24-10-2-3-11-24)13-23-21(25)19-7-4-8-20(12-19)26-16-18-6-5-9-22-14-18/h4-9,12,14,17H,2-3,10-11,13,15-16H2,1H3,(H,23,25). The van der Waals surface area contributed by atoms with Gasteiger partial charge in [-0.2, -0.15) is 0 Å². The van der Waals surface area contributed by atoms with Crippen LogP contribution in [0.4, 0.5) is 0 Å². The first-order valence-electron chi connectivity index (χ1n) is 9.33. The number of pyridine rings is 1. The summed E-state index contributed by atoms with van der Waals surface area (Å²) in [7, 11) is 0. The highest BCUT2D eigenvalue weighted by Gasteiger charge is 2.15. The lowest BCUT2D eigenvalue weighted by molar-refractivity contribution is 0.0944. The van der Waals surface area contributed by atoms with Crippen molar-refractivity contribution >= 4 is 5.91 Å². The molecule has 0 aliphatic carbocycles. The van der Waals surface area contributed by atoms with E-state index in [-0.39, 0.29) is 5.91 Å². The average Bonchev–Trinajstić information content (AvgIpc) is 3.18. The van der Waals surface area contributed by atoms with Gasteiger partial charge in [-0.15, -0.1) is 0 Å². The van der Waals surface area contributed by atoms with E-state index in [2.05, 4.69) is 22.1 Å². The van der Waals surface area contributed by atoms with E-state index in [4.69, 9.17) is 4.74 Å². The van der Waals surface area contributed by atoms with Crippen molar-refractivity contribution < 1.29 is 9.53 Å². The summed E-state index contributed by atoms with van der Waals surface area (Å²) >= 11 is 0. The largest absolute Gasteiger partial charge is 0.489 e. The van der Waals surface area contributed by atoms with Crippen LogP contribution in [0.5, 0.6) is 5.75 Å². The summed E-state index contributed by atoms with van der Waals surface area (Å²) in [5.74, 6) is 1.08. The molecule has 1 amide bonds. The Morgan fingerprint density at radius 2 is 2.12 bits per heavy atom. The van der Waals surface area contributed by atoms with Crippen LogP contribution in [0.3, 0.4) is 0 Å². The van der Waals surface area contributed by atoms with Crippen molar-refractivity contribution in [2.75, 3.05) is 26.2 Å². The van der Waals surface area contributed by atoms with Crippen molar-refractivity contribution in [2.45, 2.75) is 26.4 Å². The molecule has 1 aliphatic rings. The molecule has 0 saturated carbocycles. The Hall–Kier alpha value is -2.40. The van der Waals surface area contributed by atoms with Crippen molar-refractivity contribution in [3.63, 3.8) is 0 Å². The molecule has 1 saturated heterocycles. The van der Waals surface area contributed by atoms with Crippen LogP contribution < -0.4 is 10.1 Å². The Morgan fingerprint density at radius 3 is 2.88 bits per heavy atom. The van der Waals surface area contributed by atoms with Crippen molar-refractivity contribution in [2.24, 2.45) is 5.92 Å². The fourth-order valence-corrected chi connectivity index (χ4v) is 3.22. The van der Waals surface area contributed by atoms with Crippen LogP contribution in [0.15, 0.2) is 48.8 Å². The monoisotopic (exact) mass is 353 g/mol. The van der Waals surface area contributed by atoms with Gasteiger partial charge in [0.2, 0.25) is 0 Å². The molecule has 1 aromatic carbocycles. The van der Waals surface area contributed by atoms with E-state index in [1.165, 1.54) is 25.9 Å². The van der Waals surface area contributed by atoms with Gasteiger partial charge in [0.25, 0.3) is 5.91 Å². The van der Waals surface area contributed by atoms with E-state index in [0.29, 0.717) is 30.4 Å². The van der Waals surface area contributed by atoms with Crippen LogP contribution >= 0.6 is 0 Å². The summed E-state index contributed by atoms with van der Waals surface area (Å²) in [6.07, 6.45) is 6.10. The highest BCUT2D eigenvalue weighted by Crippen LogP contribution is 2.15. The van der Waals surface area contributed by atoms with E-state index < -0.39 is 0 Å². The number of amides is 1. The number of benzene rings is 1. The molecule has 5 nitrogen and oxygen atoms in total. The van der Waals surface area contributed by atoms with E-state index in [9.17, 15) is 4.79 Å². The second-order valence-corrected chi connectivity index (χ2v) is 7.00. The minimum atomic E-state index is -0.0508. The zero-order valence-corrected chi connectivity index (χ0v) is 15.4. The molecule has 0 radical (unpaired) electrons. The van der Waals surface area contributed by atoms with Gasteiger partial charge in [-0.05, 0) is 56.1 Å². The normalized spacial score (nSPS) is 15.6. The van der Waals surface area contributed by atoms with Crippen LogP contribution in [-0.2, 0) is 6.61 Å². The third kappa shape index (κ3) is 5.56. The molecule has 2 aromatic rings. The molecule has 138 valence electrons. The zero-order valence-electron chi connectivity index (χ0n) is 15.4. The third-order valence-electron chi connectivity index (χ3n) is 4.60. The smallest absolute Gasteiger partial charge is 0.251 e. The van der Waals surface area contributed by atoms with Crippen LogP contribution in [0.1, 0.15) is 35.7 Å². The molecular weight excluding hydrogens is 326 g/mol. The summed E-state index contributed by atoms with van der Waals surface area (Å²) in [4.78, 5) is 19.0. The van der Waals surface area contributed by atoms with Gasteiger partial charge in [-0.1, -0.05) is 19.1 Å².